The van der Waals surface area contributed by atoms with Gasteiger partial charge in [-0.3, -0.25) is 0 Å². The molecule has 0 aromatic heterocycles. The number of ether oxygens (including phenoxy) is 1. The molecule has 0 heterocycles. The lowest BCUT2D eigenvalue weighted by Crippen LogP contribution is -2.16. The van der Waals surface area contributed by atoms with E-state index in [1.807, 2.05) is 6.07 Å². The molecule has 0 spiro atoms. The zero-order valence-corrected chi connectivity index (χ0v) is 11.0. The van der Waals surface area contributed by atoms with Crippen LogP contribution < -0.4 is 5.32 Å². The third-order valence-electron chi connectivity index (χ3n) is 2.70. The van der Waals surface area contributed by atoms with Crippen LogP contribution >= 0.6 is 0 Å². The van der Waals surface area contributed by atoms with E-state index < -0.39 is 0 Å². The lowest BCUT2D eigenvalue weighted by atomic mass is 10.2. The van der Waals surface area contributed by atoms with Crippen molar-refractivity contribution >= 4 is 0 Å². The van der Waals surface area contributed by atoms with Gasteiger partial charge in [0.25, 0.3) is 0 Å². The maximum atomic E-state index is 5.62. The molecule has 0 radical (unpaired) electrons. The molecule has 0 unspecified atom stereocenters. The standard InChI is InChI=1S/C15H25NO/c1-2-11-16-12-6-7-13-17-14-10-15-8-4-3-5-9-15/h3-5,8-9,16H,2,6-7,10-14H2,1H3. The van der Waals surface area contributed by atoms with Gasteiger partial charge in [0.15, 0.2) is 0 Å². The summed E-state index contributed by atoms with van der Waals surface area (Å²) in [6.45, 7) is 6.18. The number of hydrogen-bond acceptors (Lipinski definition) is 2. The minimum absolute atomic E-state index is 0.840. The predicted octanol–water partition coefficient (Wildman–Crippen LogP) is 3.03. The van der Waals surface area contributed by atoms with Crippen LogP contribution in [0.3, 0.4) is 0 Å². The maximum Gasteiger partial charge on any atom is 0.0506 e. The fraction of sp³-hybridized carbons (Fsp3) is 0.600. The van der Waals surface area contributed by atoms with E-state index in [1.54, 1.807) is 0 Å². The summed E-state index contributed by atoms with van der Waals surface area (Å²) < 4.78 is 5.62. The highest BCUT2D eigenvalue weighted by molar-refractivity contribution is 5.14. The average molecular weight is 235 g/mol. The molecule has 0 atom stereocenters. The van der Waals surface area contributed by atoms with Crippen LogP contribution in [0.2, 0.25) is 0 Å². The summed E-state index contributed by atoms with van der Waals surface area (Å²) in [6, 6.07) is 10.5. The second-order valence-electron chi connectivity index (χ2n) is 4.31. The van der Waals surface area contributed by atoms with Gasteiger partial charge in [-0.1, -0.05) is 37.3 Å². The highest BCUT2D eigenvalue weighted by atomic mass is 16.5. The second kappa shape index (κ2) is 10.3. The Labute approximate surface area is 105 Å². The van der Waals surface area contributed by atoms with Gasteiger partial charge >= 0.3 is 0 Å². The van der Waals surface area contributed by atoms with E-state index in [0.29, 0.717) is 0 Å². The van der Waals surface area contributed by atoms with Gasteiger partial charge in [0.05, 0.1) is 6.61 Å². The van der Waals surface area contributed by atoms with Crippen molar-refractivity contribution in [1.82, 2.24) is 5.32 Å². The summed E-state index contributed by atoms with van der Waals surface area (Å²) in [4.78, 5) is 0. The molecule has 2 heteroatoms. The van der Waals surface area contributed by atoms with Crippen molar-refractivity contribution in [3.05, 3.63) is 35.9 Å². The van der Waals surface area contributed by atoms with Crippen LogP contribution in [-0.2, 0) is 11.2 Å². The van der Waals surface area contributed by atoms with Crippen molar-refractivity contribution in [3.8, 4) is 0 Å². The Morgan fingerprint density at radius 3 is 2.59 bits per heavy atom. The molecule has 0 bridgehead atoms. The quantitative estimate of drug-likeness (QED) is 0.629. The van der Waals surface area contributed by atoms with Crippen molar-refractivity contribution in [3.63, 3.8) is 0 Å². The molecule has 0 fully saturated rings. The Hall–Kier alpha value is -0.860. The SMILES string of the molecule is CCCNCCCCOCCc1ccccc1. The van der Waals surface area contributed by atoms with E-state index in [2.05, 4.69) is 36.5 Å². The van der Waals surface area contributed by atoms with Crippen LogP contribution in [0.25, 0.3) is 0 Å². The van der Waals surface area contributed by atoms with Crippen molar-refractivity contribution in [2.45, 2.75) is 32.6 Å². The summed E-state index contributed by atoms with van der Waals surface area (Å²) in [5, 5.41) is 3.40. The van der Waals surface area contributed by atoms with Gasteiger partial charge < -0.3 is 10.1 Å². The Balaban J connectivity index is 1.85. The third-order valence-corrected chi connectivity index (χ3v) is 2.70. The van der Waals surface area contributed by atoms with Crippen LogP contribution in [0, 0.1) is 0 Å². The molecule has 1 rings (SSSR count). The molecule has 1 aromatic rings. The normalized spacial score (nSPS) is 10.6. The van der Waals surface area contributed by atoms with Crippen LogP contribution in [0.4, 0.5) is 0 Å². The minimum Gasteiger partial charge on any atom is -0.381 e. The second-order valence-corrected chi connectivity index (χ2v) is 4.31. The lowest BCUT2D eigenvalue weighted by Gasteiger charge is -2.05. The van der Waals surface area contributed by atoms with E-state index in [-0.39, 0.29) is 0 Å². The Morgan fingerprint density at radius 1 is 1.00 bits per heavy atom. The van der Waals surface area contributed by atoms with Crippen molar-refractivity contribution in [1.29, 1.82) is 0 Å². The maximum absolute atomic E-state index is 5.62. The van der Waals surface area contributed by atoms with Gasteiger partial charge in [-0.15, -0.1) is 0 Å². The summed E-state index contributed by atoms with van der Waals surface area (Å²) in [7, 11) is 0. The van der Waals surface area contributed by atoms with E-state index in [4.69, 9.17) is 4.74 Å². The number of hydrogen-bond donors (Lipinski definition) is 1. The van der Waals surface area contributed by atoms with Crippen molar-refractivity contribution < 1.29 is 4.74 Å². The van der Waals surface area contributed by atoms with E-state index in [9.17, 15) is 0 Å². The fourth-order valence-electron chi connectivity index (χ4n) is 1.69. The molecular weight excluding hydrogens is 210 g/mol. The highest BCUT2D eigenvalue weighted by Crippen LogP contribution is 2.00. The van der Waals surface area contributed by atoms with E-state index in [1.165, 1.54) is 18.4 Å². The molecule has 1 N–H and O–H groups in total. The van der Waals surface area contributed by atoms with Gasteiger partial charge in [0.1, 0.15) is 0 Å². The zero-order chi connectivity index (χ0) is 12.2. The van der Waals surface area contributed by atoms with Crippen LogP contribution in [0.15, 0.2) is 30.3 Å². The highest BCUT2D eigenvalue weighted by Gasteiger charge is 1.93. The molecule has 0 amide bonds. The zero-order valence-electron chi connectivity index (χ0n) is 11.0. The van der Waals surface area contributed by atoms with Gasteiger partial charge in [-0.2, -0.15) is 0 Å². The van der Waals surface area contributed by atoms with Gasteiger partial charge in [-0.25, -0.2) is 0 Å². The first kappa shape index (κ1) is 14.2. The molecule has 0 saturated heterocycles. The Kier molecular flexibility index (Phi) is 8.61. The molecule has 0 aliphatic heterocycles. The first-order chi connectivity index (χ1) is 8.43. The van der Waals surface area contributed by atoms with Crippen molar-refractivity contribution in [2.24, 2.45) is 0 Å². The molecule has 17 heavy (non-hydrogen) atoms. The largest absolute Gasteiger partial charge is 0.381 e. The first-order valence-electron chi connectivity index (χ1n) is 6.76. The fourth-order valence-corrected chi connectivity index (χ4v) is 1.69. The monoisotopic (exact) mass is 235 g/mol. The Bertz CT molecular complexity index is 261. The predicted molar refractivity (Wildman–Crippen MR) is 73.4 cm³/mol. The van der Waals surface area contributed by atoms with Gasteiger partial charge in [0, 0.05) is 6.61 Å². The molecule has 0 aliphatic rings. The number of benzene rings is 1. The molecular formula is C15H25NO. The molecule has 0 saturated carbocycles. The molecule has 2 nitrogen and oxygen atoms in total. The number of rotatable bonds is 10. The molecule has 96 valence electrons. The topological polar surface area (TPSA) is 21.3 Å². The number of unbranched alkanes of at least 4 members (excludes halogenated alkanes) is 1. The summed E-state index contributed by atoms with van der Waals surface area (Å²) in [5.41, 5.74) is 1.36. The van der Waals surface area contributed by atoms with Gasteiger partial charge in [0.2, 0.25) is 0 Å². The number of nitrogens with one attached hydrogen (secondary N) is 1. The summed E-state index contributed by atoms with van der Waals surface area (Å²) in [6.07, 6.45) is 4.61. The summed E-state index contributed by atoms with van der Waals surface area (Å²) >= 11 is 0. The minimum atomic E-state index is 0.840. The molecule has 0 aliphatic carbocycles. The van der Waals surface area contributed by atoms with Crippen LogP contribution in [0.5, 0.6) is 0 Å². The third kappa shape index (κ3) is 7.94. The van der Waals surface area contributed by atoms with E-state index >= 15 is 0 Å². The smallest absolute Gasteiger partial charge is 0.0506 e. The van der Waals surface area contributed by atoms with Gasteiger partial charge in [-0.05, 0) is 44.3 Å². The summed E-state index contributed by atoms with van der Waals surface area (Å²) in [5.74, 6) is 0. The van der Waals surface area contributed by atoms with Crippen LogP contribution in [0.1, 0.15) is 31.7 Å². The first-order valence-corrected chi connectivity index (χ1v) is 6.76. The average Bonchev–Trinajstić information content (AvgIpc) is 2.38. The molecule has 1 aromatic carbocycles. The van der Waals surface area contributed by atoms with Crippen LogP contribution in [-0.4, -0.2) is 26.3 Å². The lowest BCUT2D eigenvalue weighted by molar-refractivity contribution is 0.133. The van der Waals surface area contributed by atoms with Crippen molar-refractivity contribution in [2.75, 3.05) is 26.3 Å². The van der Waals surface area contributed by atoms with E-state index in [0.717, 1.165) is 39.1 Å². The Morgan fingerprint density at radius 2 is 1.82 bits per heavy atom.